The summed E-state index contributed by atoms with van der Waals surface area (Å²) in [5.41, 5.74) is 0. The Morgan fingerprint density at radius 1 is 1.19 bits per heavy atom. The Bertz CT molecular complexity index is 388. The SMILES string of the molecule is CC(C)CCNC(=O)OCCOCCN1C(=O)C=CC1=O. The number of alkyl carbamates (subject to hydrolysis) is 1. The van der Waals surface area contributed by atoms with Gasteiger partial charge in [-0.3, -0.25) is 14.5 Å². The summed E-state index contributed by atoms with van der Waals surface area (Å²) in [4.78, 5) is 34.8. The van der Waals surface area contributed by atoms with Gasteiger partial charge in [0, 0.05) is 18.7 Å². The first kappa shape index (κ1) is 17.2. The van der Waals surface area contributed by atoms with Crippen LogP contribution in [0.25, 0.3) is 0 Å². The minimum atomic E-state index is -0.464. The van der Waals surface area contributed by atoms with Crippen LogP contribution in [0.5, 0.6) is 0 Å². The highest BCUT2D eigenvalue weighted by molar-refractivity contribution is 6.12. The number of hydrogen-bond acceptors (Lipinski definition) is 5. The molecule has 0 atom stereocenters. The molecule has 0 aromatic rings. The van der Waals surface area contributed by atoms with Gasteiger partial charge in [-0.1, -0.05) is 13.8 Å². The minimum absolute atomic E-state index is 0.133. The van der Waals surface area contributed by atoms with Gasteiger partial charge < -0.3 is 14.8 Å². The van der Waals surface area contributed by atoms with Crippen molar-refractivity contribution < 1.29 is 23.9 Å². The van der Waals surface area contributed by atoms with E-state index in [-0.39, 0.29) is 38.2 Å². The monoisotopic (exact) mass is 298 g/mol. The maximum atomic E-state index is 11.3. The van der Waals surface area contributed by atoms with Crippen molar-refractivity contribution in [1.82, 2.24) is 10.2 Å². The van der Waals surface area contributed by atoms with Gasteiger partial charge in [-0.05, 0) is 12.3 Å². The third-order valence-electron chi connectivity index (χ3n) is 2.81. The van der Waals surface area contributed by atoms with E-state index in [4.69, 9.17) is 9.47 Å². The number of carbonyl (C=O) groups excluding carboxylic acids is 3. The van der Waals surface area contributed by atoms with Crippen molar-refractivity contribution in [3.8, 4) is 0 Å². The number of ether oxygens (including phenoxy) is 2. The summed E-state index contributed by atoms with van der Waals surface area (Å²) in [5, 5.41) is 2.64. The fraction of sp³-hybridized carbons (Fsp3) is 0.643. The van der Waals surface area contributed by atoms with E-state index in [1.165, 1.54) is 12.2 Å². The van der Waals surface area contributed by atoms with Crippen LogP contribution in [0, 0.1) is 5.92 Å². The second-order valence-corrected chi connectivity index (χ2v) is 5.02. The van der Waals surface area contributed by atoms with Gasteiger partial charge in [-0.15, -0.1) is 0 Å². The molecular formula is C14H22N2O5. The summed E-state index contributed by atoms with van der Waals surface area (Å²) in [5.74, 6) is -0.132. The lowest BCUT2D eigenvalue weighted by molar-refractivity contribution is -0.137. The fourth-order valence-corrected chi connectivity index (χ4v) is 1.62. The van der Waals surface area contributed by atoms with Crippen LogP contribution >= 0.6 is 0 Å². The van der Waals surface area contributed by atoms with Crippen LogP contribution < -0.4 is 5.32 Å². The molecule has 1 rings (SSSR count). The van der Waals surface area contributed by atoms with Gasteiger partial charge in [0.2, 0.25) is 0 Å². The van der Waals surface area contributed by atoms with E-state index in [9.17, 15) is 14.4 Å². The molecule has 0 spiro atoms. The molecule has 0 saturated heterocycles. The lowest BCUT2D eigenvalue weighted by Crippen LogP contribution is -2.33. The van der Waals surface area contributed by atoms with Crippen molar-refractivity contribution >= 4 is 17.9 Å². The van der Waals surface area contributed by atoms with Crippen LogP contribution in [0.4, 0.5) is 4.79 Å². The second kappa shape index (κ2) is 9.12. The van der Waals surface area contributed by atoms with E-state index < -0.39 is 6.09 Å². The average molecular weight is 298 g/mol. The first-order chi connectivity index (χ1) is 10.0. The third kappa shape index (κ3) is 6.89. The molecule has 0 aromatic carbocycles. The van der Waals surface area contributed by atoms with Crippen molar-refractivity contribution in [2.45, 2.75) is 20.3 Å². The zero-order valence-corrected chi connectivity index (χ0v) is 12.5. The Hall–Kier alpha value is -1.89. The van der Waals surface area contributed by atoms with E-state index in [0.29, 0.717) is 12.5 Å². The average Bonchev–Trinajstić information content (AvgIpc) is 2.73. The highest BCUT2D eigenvalue weighted by atomic mass is 16.6. The molecule has 0 aromatic heterocycles. The molecule has 1 aliphatic rings. The summed E-state index contributed by atoms with van der Waals surface area (Å²) in [6, 6.07) is 0. The number of nitrogens with one attached hydrogen (secondary N) is 1. The molecule has 0 aliphatic carbocycles. The zero-order chi connectivity index (χ0) is 15.7. The molecule has 21 heavy (non-hydrogen) atoms. The predicted molar refractivity (Wildman–Crippen MR) is 75.5 cm³/mol. The maximum Gasteiger partial charge on any atom is 0.407 e. The van der Waals surface area contributed by atoms with Gasteiger partial charge >= 0.3 is 6.09 Å². The van der Waals surface area contributed by atoms with E-state index in [2.05, 4.69) is 19.2 Å². The molecule has 7 heteroatoms. The molecule has 118 valence electrons. The number of hydrogen-bond donors (Lipinski definition) is 1. The molecule has 3 amide bonds. The molecule has 1 aliphatic heterocycles. The first-order valence-electron chi connectivity index (χ1n) is 7.02. The number of carbonyl (C=O) groups is 3. The molecule has 1 N–H and O–H groups in total. The number of nitrogens with zero attached hydrogens (tertiary/aromatic N) is 1. The smallest absolute Gasteiger partial charge is 0.407 e. The van der Waals surface area contributed by atoms with Crippen LogP contribution in [0.1, 0.15) is 20.3 Å². The zero-order valence-electron chi connectivity index (χ0n) is 12.5. The summed E-state index contributed by atoms with van der Waals surface area (Å²) in [7, 11) is 0. The molecule has 0 fully saturated rings. The standard InChI is InChI=1S/C14H22N2O5/c1-11(2)5-6-15-14(19)21-10-9-20-8-7-16-12(17)3-4-13(16)18/h3-4,11H,5-10H2,1-2H3,(H,15,19). The quantitative estimate of drug-likeness (QED) is 0.500. The van der Waals surface area contributed by atoms with Crippen molar-refractivity contribution in [3.63, 3.8) is 0 Å². The second-order valence-electron chi connectivity index (χ2n) is 5.02. The summed E-state index contributed by atoms with van der Waals surface area (Å²) < 4.78 is 10.1. The Kier molecular flexibility index (Phi) is 7.45. The third-order valence-corrected chi connectivity index (χ3v) is 2.81. The maximum absolute atomic E-state index is 11.3. The molecular weight excluding hydrogens is 276 g/mol. The van der Waals surface area contributed by atoms with Crippen LogP contribution in [-0.4, -0.2) is 55.7 Å². The van der Waals surface area contributed by atoms with Crippen molar-refractivity contribution in [1.29, 1.82) is 0 Å². The van der Waals surface area contributed by atoms with Gasteiger partial charge in [0.05, 0.1) is 19.8 Å². The Morgan fingerprint density at radius 2 is 1.86 bits per heavy atom. The van der Waals surface area contributed by atoms with Crippen LogP contribution in [0.3, 0.4) is 0 Å². The molecule has 0 unspecified atom stereocenters. The molecule has 0 bridgehead atoms. The van der Waals surface area contributed by atoms with Crippen LogP contribution in [0.15, 0.2) is 12.2 Å². The normalized spacial score (nSPS) is 14.1. The molecule has 0 radical (unpaired) electrons. The number of amides is 3. The Balaban J connectivity index is 1.96. The Labute approximate surface area is 124 Å². The topological polar surface area (TPSA) is 84.9 Å². The van der Waals surface area contributed by atoms with Gasteiger partial charge in [0.25, 0.3) is 11.8 Å². The fourth-order valence-electron chi connectivity index (χ4n) is 1.62. The van der Waals surface area contributed by atoms with E-state index in [1.807, 2.05) is 0 Å². The molecule has 0 saturated carbocycles. The van der Waals surface area contributed by atoms with E-state index in [0.717, 1.165) is 11.3 Å². The lowest BCUT2D eigenvalue weighted by Gasteiger charge is -2.13. The van der Waals surface area contributed by atoms with E-state index >= 15 is 0 Å². The van der Waals surface area contributed by atoms with Gasteiger partial charge in [-0.2, -0.15) is 0 Å². The van der Waals surface area contributed by atoms with Gasteiger partial charge in [0.1, 0.15) is 6.61 Å². The van der Waals surface area contributed by atoms with Gasteiger partial charge in [-0.25, -0.2) is 4.79 Å². The number of imide groups is 1. The largest absolute Gasteiger partial charge is 0.447 e. The highest BCUT2D eigenvalue weighted by Crippen LogP contribution is 2.02. The lowest BCUT2D eigenvalue weighted by atomic mass is 10.1. The van der Waals surface area contributed by atoms with Crippen molar-refractivity contribution in [3.05, 3.63) is 12.2 Å². The highest BCUT2D eigenvalue weighted by Gasteiger charge is 2.22. The molecule has 7 nitrogen and oxygen atoms in total. The van der Waals surface area contributed by atoms with Crippen molar-refractivity contribution in [2.24, 2.45) is 5.92 Å². The summed E-state index contributed by atoms with van der Waals surface area (Å²) >= 11 is 0. The minimum Gasteiger partial charge on any atom is -0.447 e. The van der Waals surface area contributed by atoms with E-state index in [1.54, 1.807) is 0 Å². The van der Waals surface area contributed by atoms with Crippen LogP contribution in [0.2, 0.25) is 0 Å². The first-order valence-corrected chi connectivity index (χ1v) is 7.02. The summed E-state index contributed by atoms with van der Waals surface area (Å²) in [6.45, 7) is 5.51. The number of rotatable bonds is 9. The summed E-state index contributed by atoms with van der Waals surface area (Å²) in [6.07, 6.45) is 2.89. The van der Waals surface area contributed by atoms with Crippen molar-refractivity contribution in [2.75, 3.05) is 32.9 Å². The van der Waals surface area contributed by atoms with Crippen LogP contribution in [-0.2, 0) is 19.1 Å². The Morgan fingerprint density at radius 3 is 2.48 bits per heavy atom. The molecule has 1 heterocycles. The van der Waals surface area contributed by atoms with Gasteiger partial charge in [0.15, 0.2) is 0 Å². The predicted octanol–water partition coefficient (Wildman–Crippen LogP) is 0.700.